The summed E-state index contributed by atoms with van der Waals surface area (Å²) in [7, 11) is -5.64. The smallest absolute Gasteiger partial charge is 0.303 e. The SMILES string of the molecule is CCS(=NS(=O)(=O)c1ccc(C)cc1)[C@H]1O[C@H](COC(C)=O)[C@H](OC(C)=O)[C@H](OC(C)=O)[C@H]1OC(C)=O. The third-order valence-electron chi connectivity index (χ3n) is 5.02. The van der Waals surface area contributed by atoms with E-state index in [0.29, 0.717) is 0 Å². The lowest BCUT2D eigenvalue weighted by Gasteiger charge is -2.44. The van der Waals surface area contributed by atoms with Gasteiger partial charge < -0.3 is 23.7 Å². The minimum atomic E-state index is -4.17. The second-order valence-corrected chi connectivity index (χ2v) is 12.0. The second-order valence-electron chi connectivity index (χ2n) is 8.12. The van der Waals surface area contributed by atoms with Crippen LogP contribution in [0.1, 0.15) is 40.2 Å². The van der Waals surface area contributed by atoms with Gasteiger partial charge in [0.1, 0.15) is 12.7 Å². The minimum absolute atomic E-state index is 0.0466. The molecule has 37 heavy (non-hydrogen) atoms. The lowest BCUT2D eigenvalue weighted by Crippen LogP contribution is -2.63. The fourth-order valence-electron chi connectivity index (χ4n) is 3.55. The summed E-state index contributed by atoms with van der Waals surface area (Å²) in [5, 5.41) is 0. The van der Waals surface area contributed by atoms with E-state index in [4.69, 9.17) is 23.7 Å². The number of hydrogen-bond acceptors (Lipinski definition) is 11. The molecular weight excluding hydrogens is 530 g/mol. The van der Waals surface area contributed by atoms with Gasteiger partial charge in [-0.1, -0.05) is 24.6 Å². The molecule has 206 valence electrons. The first kappa shape index (κ1) is 30.4. The number of hydrogen-bond donors (Lipinski definition) is 0. The summed E-state index contributed by atoms with van der Waals surface area (Å²) in [5.74, 6) is -2.85. The highest BCUT2D eigenvalue weighted by Gasteiger charge is 2.53. The van der Waals surface area contributed by atoms with Crippen LogP contribution in [-0.4, -0.2) is 74.5 Å². The topological polar surface area (TPSA) is 161 Å². The van der Waals surface area contributed by atoms with Gasteiger partial charge in [-0.15, -0.1) is 3.77 Å². The van der Waals surface area contributed by atoms with Crippen molar-refractivity contribution in [2.24, 2.45) is 3.77 Å². The molecule has 12 nitrogen and oxygen atoms in total. The monoisotopic (exact) mass is 561 g/mol. The number of carbonyl (C=O) groups excluding carboxylic acids is 4. The standard InChI is InChI=1S/C23H31NO11S2/c1-7-36(24-37(29,30)18-10-8-13(2)9-11-18)23-22(34-17(6)28)21(33-16(5)27)20(32-15(4)26)19(35-23)12-31-14(3)25/h8-11,19-23H,7,12H2,1-6H3/t19-,20+,21+,22-,23-,36?/m1/s1. The molecule has 1 heterocycles. The Hall–Kier alpha value is -2.84. The minimum Gasteiger partial charge on any atom is -0.463 e. The Balaban J connectivity index is 2.65. The normalized spacial score (nSPS) is 24.5. The molecule has 2 rings (SSSR count). The van der Waals surface area contributed by atoms with E-state index in [1.807, 2.05) is 6.92 Å². The van der Waals surface area contributed by atoms with E-state index in [1.54, 1.807) is 19.1 Å². The number of rotatable bonds is 9. The first-order chi connectivity index (χ1) is 17.2. The van der Waals surface area contributed by atoms with Crippen molar-refractivity contribution < 1.29 is 51.3 Å². The first-order valence-corrected chi connectivity index (χ1v) is 14.2. The number of sulfonamides is 1. The van der Waals surface area contributed by atoms with Crippen molar-refractivity contribution >= 4 is 44.6 Å². The van der Waals surface area contributed by atoms with Crippen LogP contribution in [0.15, 0.2) is 32.9 Å². The molecule has 1 aromatic rings. The maximum atomic E-state index is 13.1. The van der Waals surface area contributed by atoms with Crippen molar-refractivity contribution in [2.45, 2.75) is 76.3 Å². The van der Waals surface area contributed by atoms with Gasteiger partial charge in [-0.2, -0.15) is 8.42 Å². The van der Waals surface area contributed by atoms with E-state index in [9.17, 15) is 27.6 Å². The summed E-state index contributed by atoms with van der Waals surface area (Å²) in [6.07, 6.45) is -5.31. The number of nitrogens with zero attached hydrogens (tertiary/aromatic N) is 1. The van der Waals surface area contributed by atoms with Crippen LogP contribution in [0.3, 0.4) is 0 Å². The van der Waals surface area contributed by atoms with Crippen molar-refractivity contribution in [1.29, 1.82) is 0 Å². The van der Waals surface area contributed by atoms with Gasteiger partial charge in [-0.3, -0.25) is 19.2 Å². The molecule has 1 fully saturated rings. The van der Waals surface area contributed by atoms with Crippen LogP contribution in [0.2, 0.25) is 0 Å². The van der Waals surface area contributed by atoms with Gasteiger partial charge in [0.2, 0.25) is 0 Å². The van der Waals surface area contributed by atoms with E-state index in [2.05, 4.69) is 3.77 Å². The highest BCUT2D eigenvalue weighted by atomic mass is 32.3. The molecule has 0 aliphatic carbocycles. The van der Waals surface area contributed by atoms with Gasteiger partial charge in [0.25, 0.3) is 10.0 Å². The summed E-state index contributed by atoms with van der Waals surface area (Å²) in [4.78, 5) is 47.3. The number of esters is 4. The predicted molar refractivity (Wildman–Crippen MR) is 131 cm³/mol. The number of carbonyl (C=O) groups is 4. The highest BCUT2D eigenvalue weighted by molar-refractivity contribution is 8.00. The number of benzene rings is 1. The molecule has 1 aromatic carbocycles. The third-order valence-corrected chi connectivity index (χ3v) is 8.95. The molecule has 0 N–H and O–H groups in total. The average molecular weight is 562 g/mol. The predicted octanol–water partition coefficient (Wildman–Crippen LogP) is 1.59. The molecule has 1 saturated heterocycles. The summed E-state index contributed by atoms with van der Waals surface area (Å²) in [6.45, 7) is 7.53. The summed E-state index contributed by atoms with van der Waals surface area (Å²) in [5.41, 5.74) is -0.390. The van der Waals surface area contributed by atoms with Crippen LogP contribution >= 0.6 is 0 Å². The van der Waals surface area contributed by atoms with Gasteiger partial charge >= 0.3 is 23.9 Å². The van der Waals surface area contributed by atoms with E-state index in [0.717, 1.165) is 33.3 Å². The van der Waals surface area contributed by atoms with Crippen molar-refractivity contribution in [3.8, 4) is 0 Å². The molecular formula is C23H31NO11S2. The van der Waals surface area contributed by atoms with Gasteiger partial charge in [-0.25, -0.2) is 0 Å². The molecule has 0 aromatic heterocycles. The lowest BCUT2D eigenvalue weighted by atomic mass is 9.99. The molecule has 0 bridgehead atoms. The highest BCUT2D eigenvalue weighted by Crippen LogP contribution is 2.32. The zero-order chi connectivity index (χ0) is 27.9. The van der Waals surface area contributed by atoms with Crippen LogP contribution in [-0.2, 0) is 63.6 Å². The zero-order valence-corrected chi connectivity index (χ0v) is 23.0. The average Bonchev–Trinajstić information content (AvgIpc) is 2.78. The largest absolute Gasteiger partial charge is 0.463 e. The number of ether oxygens (including phenoxy) is 5. The van der Waals surface area contributed by atoms with E-state index < -0.39 is 81.1 Å². The van der Waals surface area contributed by atoms with E-state index in [1.165, 1.54) is 12.1 Å². The Morgan fingerprint density at radius 1 is 0.865 bits per heavy atom. The first-order valence-electron chi connectivity index (χ1n) is 11.3. The maximum absolute atomic E-state index is 13.1. The quantitative estimate of drug-likeness (QED) is 0.318. The number of aryl methyl sites for hydroxylation is 1. The summed E-state index contributed by atoms with van der Waals surface area (Å²) < 4.78 is 57.6. The third kappa shape index (κ3) is 8.61. The summed E-state index contributed by atoms with van der Waals surface area (Å²) in [6, 6.07) is 6.08. The van der Waals surface area contributed by atoms with Gasteiger partial charge in [0.05, 0.1) is 4.90 Å². The van der Waals surface area contributed by atoms with Crippen LogP contribution in [0.4, 0.5) is 0 Å². The molecule has 14 heteroatoms. The molecule has 1 aliphatic rings. The van der Waals surface area contributed by atoms with Gasteiger partial charge in [-0.05, 0) is 29.7 Å². The lowest BCUT2D eigenvalue weighted by molar-refractivity contribution is -0.237. The van der Waals surface area contributed by atoms with Crippen LogP contribution in [0.25, 0.3) is 0 Å². The zero-order valence-electron chi connectivity index (χ0n) is 21.4. The molecule has 6 atom stereocenters. The van der Waals surface area contributed by atoms with Crippen molar-refractivity contribution in [2.75, 3.05) is 12.4 Å². The molecule has 0 radical (unpaired) electrons. The molecule has 1 aliphatic heterocycles. The molecule has 0 spiro atoms. The Labute approximate surface area is 218 Å². The molecule has 1 unspecified atom stereocenters. The Morgan fingerprint density at radius 2 is 1.38 bits per heavy atom. The Morgan fingerprint density at radius 3 is 1.86 bits per heavy atom. The van der Waals surface area contributed by atoms with Crippen LogP contribution < -0.4 is 0 Å². The van der Waals surface area contributed by atoms with Crippen LogP contribution in [0.5, 0.6) is 0 Å². The Kier molecular flexibility index (Phi) is 10.8. The Bertz CT molecular complexity index is 1150. The fourth-order valence-corrected chi connectivity index (χ4v) is 7.26. The van der Waals surface area contributed by atoms with E-state index in [-0.39, 0.29) is 10.6 Å². The van der Waals surface area contributed by atoms with Crippen molar-refractivity contribution in [1.82, 2.24) is 0 Å². The molecule has 0 amide bonds. The van der Waals surface area contributed by atoms with Crippen molar-refractivity contribution in [3.63, 3.8) is 0 Å². The van der Waals surface area contributed by atoms with E-state index >= 15 is 0 Å². The van der Waals surface area contributed by atoms with Crippen molar-refractivity contribution in [3.05, 3.63) is 29.8 Å². The van der Waals surface area contributed by atoms with Crippen LogP contribution in [0, 0.1) is 6.92 Å². The second kappa shape index (κ2) is 13.1. The summed E-state index contributed by atoms with van der Waals surface area (Å²) >= 11 is 0. The maximum Gasteiger partial charge on any atom is 0.303 e. The molecule has 0 saturated carbocycles. The van der Waals surface area contributed by atoms with Gasteiger partial charge in [0, 0.05) is 33.4 Å². The fraction of sp³-hybridized carbons (Fsp3) is 0.565. The van der Waals surface area contributed by atoms with Gasteiger partial charge in [0.15, 0.2) is 23.7 Å².